The normalized spacial score (nSPS) is 14.8. The highest BCUT2D eigenvalue weighted by atomic mass is 32.2. The fourth-order valence-electron chi connectivity index (χ4n) is 3.39. The van der Waals surface area contributed by atoms with Gasteiger partial charge in [-0.2, -0.15) is 4.31 Å². The summed E-state index contributed by atoms with van der Waals surface area (Å²) in [7, 11) is -4.06. The van der Waals surface area contributed by atoms with Gasteiger partial charge in [0.15, 0.2) is 4.90 Å². The Kier molecular flexibility index (Phi) is 7.78. The highest BCUT2D eigenvalue weighted by Crippen LogP contribution is 2.27. The van der Waals surface area contributed by atoms with Gasteiger partial charge in [-0.1, -0.05) is 24.3 Å². The maximum Gasteiger partial charge on any atom is 0.289 e. The number of nitro benzene ring substituents is 1. The first kappa shape index (κ1) is 23.6. The van der Waals surface area contributed by atoms with Crippen molar-refractivity contribution in [2.24, 2.45) is 0 Å². The molecule has 1 aliphatic heterocycles. The van der Waals surface area contributed by atoms with Crippen molar-refractivity contribution in [2.75, 3.05) is 46.0 Å². The Labute approximate surface area is 186 Å². The van der Waals surface area contributed by atoms with E-state index in [0.29, 0.717) is 31.1 Å². The zero-order valence-electron chi connectivity index (χ0n) is 17.7. The van der Waals surface area contributed by atoms with Crippen LogP contribution in [0.4, 0.5) is 5.69 Å². The molecule has 0 unspecified atom stereocenters. The fraction of sp³-hybridized carbons (Fsp3) is 0.381. The molecule has 0 bridgehead atoms. The largest absolute Gasteiger partial charge is 0.490 e. The summed E-state index contributed by atoms with van der Waals surface area (Å²) in [5.74, 6) is 0.173. The minimum Gasteiger partial charge on any atom is -0.490 e. The molecule has 0 spiro atoms. The second-order valence-corrected chi connectivity index (χ2v) is 8.87. The first-order valence-electron chi connectivity index (χ1n) is 10.2. The van der Waals surface area contributed by atoms with Gasteiger partial charge < -0.3 is 14.4 Å². The molecule has 3 rings (SSSR count). The van der Waals surface area contributed by atoms with E-state index in [-0.39, 0.29) is 37.0 Å². The van der Waals surface area contributed by atoms with Crippen LogP contribution in [0.1, 0.15) is 17.3 Å². The smallest absolute Gasteiger partial charge is 0.289 e. The Hall–Kier alpha value is -3.02. The summed E-state index contributed by atoms with van der Waals surface area (Å²) < 4.78 is 38.0. The van der Waals surface area contributed by atoms with Gasteiger partial charge in [-0.25, -0.2) is 8.42 Å². The number of benzene rings is 2. The van der Waals surface area contributed by atoms with Crippen LogP contribution in [-0.2, 0) is 14.8 Å². The third-order valence-corrected chi connectivity index (χ3v) is 6.96. The quantitative estimate of drug-likeness (QED) is 0.317. The van der Waals surface area contributed by atoms with Crippen molar-refractivity contribution in [2.45, 2.75) is 11.8 Å². The maximum atomic E-state index is 13.0. The molecule has 0 aliphatic carbocycles. The first-order chi connectivity index (χ1) is 15.4. The Bertz CT molecular complexity index is 1070. The lowest BCUT2D eigenvalue weighted by molar-refractivity contribution is -0.387. The molecule has 0 aromatic heterocycles. The van der Waals surface area contributed by atoms with Gasteiger partial charge >= 0.3 is 0 Å². The van der Waals surface area contributed by atoms with Crippen LogP contribution in [0.15, 0.2) is 53.4 Å². The number of nitro groups is 1. The van der Waals surface area contributed by atoms with Crippen molar-refractivity contribution in [3.8, 4) is 5.75 Å². The van der Waals surface area contributed by atoms with E-state index in [1.54, 1.807) is 29.2 Å². The molecular weight excluding hydrogens is 438 g/mol. The minimum absolute atomic E-state index is 0.0352. The van der Waals surface area contributed by atoms with Gasteiger partial charge in [0.2, 0.25) is 10.0 Å². The third kappa shape index (κ3) is 5.23. The number of sulfonamides is 1. The molecular formula is C21H25N3O7S. The summed E-state index contributed by atoms with van der Waals surface area (Å²) in [6.07, 6.45) is 0. The number of hydrogen-bond acceptors (Lipinski definition) is 7. The van der Waals surface area contributed by atoms with Crippen molar-refractivity contribution < 1.29 is 27.6 Å². The van der Waals surface area contributed by atoms with Crippen LogP contribution in [0.5, 0.6) is 5.75 Å². The van der Waals surface area contributed by atoms with E-state index in [2.05, 4.69) is 0 Å². The number of nitrogens with zero attached hydrogens (tertiary/aromatic N) is 3. The number of carbonyl (C=O) groups excluding carboxylic acids is 1. The zero-order valence-corrected chi connectivity index (χ0v) is 18.5. The topological polar surface area (TPSA) is 119 Å². The number of para-hydroxylation sites is 2. The van der Waals surface area contributed by atoms with E-state index < -0.39 is 20.6 Å². The Balaban J connectivity index is 1.69. The molecule has 1 amide bonds. The first-order valence-corrected chi connectivity index (χ1v) is 11.6. The lowest BCUT2D eigenvalue weighted by Gasteiger charge is -2.34. The summed E-state index contributed by atoms with van der Waals surface area (Å²) in [6.45, 7) is 3.55. The van der Waals surface area contributed by atoms with Crippen LogP contribution < -0.4 is 4.74 Å². The number of piperazine rings is 1. The summed E-state index contributed by atoms with van der Waals surface area (Å²) in [4.78, 5) is 24.8. The molecule has 2 aromatic carbocycles. The summed E-state index contributed by atoms with van der Waals surface area (Å²) >= 11 is 0. The number of carbonyl (C=O) groups is 1. The molecule has 1 fully saturated rings. The molecule has 2 aromatic rings. The average Bonchev–Trinajstić information content (AvgIpc) is 2.81. The van der Waals surface area contributed by atoms with Crippen molar-refractivity contribution >= 4 is 21.6 Å². The Morgan fingerprint density at radius 2 is 1.69 bits per heavy atom. The Morgan fingerprint density at radius 1 is 1.03 bits per heavy atom. The van der Waals surface area contributed by atoms with E-state index in [1.807, 2.05) is 6.92 Å². The second-order valence-electron chi connectivity index (χ2n) is 6.96. The molecule has 10 nitrogen and oxygen atoms in total. The average molecular weight is 464 g/mol. The van der Waals surface area contributed by atoms with Gasteiger partial charge in [0.1, 0.15) is 12.4 Å². The minimum atomic E-state index is -4.06. The summed E-state index contributed by atoms with van der Waals surface area (Å²) in [5, 5.41) is 11.2. The number of hydrogen-bond donors (Lipinski definition) is 0. The van der Waals surface area contributed by atoms with Crippen LogP contribution in [0.3, 0.4) is 0 Å². The second kappa shape index (κ2) is 10.5. The van der Waals surface area contributed by atoms with Crippen molar-refractivity contribution in [1.29, 1.82) is 0 Å². The number of rotatable bonds is 9. The third-order valence-electron chi connectivity index (χ3n) is 5.01. The predicted octanol–water partition coefficient (Wildman–Crippen LogP) is 2.16. The van der Waals surface area contributed by atoms with Crippen LogP contribution in [0, 0.1) is 10.1 Å². The molecule has 11 heteroatoms. The monoisotopic (exact) mass is 463 g/mol. The zero-order chi connectivity index (χ0) is 23.1. The lowest BCUT2D eigenvalue weighted by atomic mass is 10.1. The number of ether oxygens (including phenoxy) is 2. The van der Waals surface area contributed by atoms with Crippen molar-refractivity contribution in [3.05, 3.63) is 64.2 Å². The van der Waals surface area contributed by atoms with Crippen LogP contribution in [-0.4, -0.2) is 74.5 Å². The van der Waals surface area contributed by atoms with E-state index in [1.165, 1.54) is 22.5 Å². The van der Waals surface area contributed by atoms with Crippen LogP contribution in [0.25, 0.3) is 0 Å². The van der Waals surface area contributed by atoms with Gasteiger partial charge in [-0.3, -0.25) is 14.9 Å². The molecule has 0 radical (unpaired) electrons. The SMILES string of the molecule is CCOCCOc1ccccc1C(=O)N1CCN(S(=O)(=O)c2ccccc2[N+](=O)[O-])CC1. The molecule has 32 heavy (non-hydrogen) atoms. The van der Waals surface area contributed by atoms with E-state index >= 15 is 0 Å². The summed E-state index contributed by atoms with van der Waals surface area (Å²) in [5.41, 5.74) is -0.0804. The van der Waals surface area contributed by atoms with Crippen molar-refractivity contribution in [1.82, 2.24) is 9.21 Å². The molecule has 0 atom stereocenters. The molecule has 172 valence electrons. The van der Waals surface area contributed by atoms with Gasteiger partial charge in [0.25, 0.3) is 11.6 Å². The number of amides is 1. The predicted molar refractivity (Wildman–Crippen MR) is 116 cm³/mol. The maximum absolute atomic E-state index is 13.0. The van der Waals surface area contributed by atoms with E-state index in [9.17, 15) is 23.3 Å². The fourth-order valence-corrected chi connectivity index (χ4v) is 4.97. The molecule has 1 heterocycles. The highest BCUT2D eigenvalue weighted by Gasteiger charge is 2.34. The van der Waals surface area contributed by atoms with E-state index in [0.717, 1.165) is 6.07 Å². The van der Waals surface area contributed by atoms with Crippen LogP contribution >= 0.6 is 0 Å². The molecule has 1 saturated heterocycles. The standard InChI is InChI=1S/C21H25N3O7S/c1-2-30-15-16-31-19-9-5-3-7-17(19)21(25)22-11-13-23(14-12-22)32(28,29)20-10-6-4-8-18(20)24(26)27/h3-10H,2,11-16H2,1H3. The van der Waals surface area contributed by atoms with Crippen molar-refractivity contribution in [3.63, 3.8) is 0 Å². The Morgan fingerprint density at radius 3 is 2.38 bits per heavy atom. The molecule has 0 N–H and O–H groups in total. The van der Waals surface area contributed by atoms with Gasteiger partial charge in [0.05, 0.1) is 17.1 Å². The van der Waals surface area contributed by atoms with Gasteiger partial charge in [0, 0.05) is 38.9 Å². The van der Waals surface area contributed by atoms with Crippen LogP contribution in [0.2, 0.25) is 0 Å². The highest BCUT2D eigenvalue weighted by molar-refractivity contribution is 7.89. The van der Waals surface area contributed by atoms with E-state index in [4.69, 9.17) is 9.47 Å². The molecule has 0 saturated carbocycles. The summed E-state index contributed by atoms with van der Waals surface area (Å²) in [6, 6.07) is 12.1. The lowest BCUT2D eigenvalue weighted by Crippen LogP contribution is -2.50. The molecule has 1 aliphatic rings. The van der Waals surface area contributed by atoms with Gasteiger partial charge in [-0.15, -0.1) is 0 Å². The van der Waals surface area contributed by atoms with Gasteiger partial charge in [-0.05, 0) is 25.1 Å².